The average molecular weight is 318 g/mol. The van der Waals surface area contributed by atoms with Crippen LogP contribution in [0.25, 0.3) is 0 Å². The lowest BCUT2D eigenvalue weighted by atomic mass is 10.3. The molecule has 0 heterocycles. The molecule has 0 radical (unpaired) electrons. The Labute approximate surface area is 125 Å². The van der Waals surface area contributed by atoms with Gasteiger partial charge in [0.2, 0.25) is 5.91 Å². The Morgan fingerprint density at radius 2 is 1.70 bits per heavy atom. The molecule has 1 aromatic rings. The number of anilines is 1. The maximum absolute atomic E-state index is 11.6. The molecule has 0 unspecified atom stereocenters. The van der Waals surface area contributed by atoms with E-state index in [-0.39, 0.29) is 34.7 Å². The SMILES string of the molecule is CC(=O)NCCNC(=O)C(=O)Nc1cccc(Cl)c1Cl. The normalized spacial score (nSPS) is 9.75. The van der Waals surface area contributed by atoms with Gasteiger partial charge >= 0.3 is 11.8 Å². The van der Waals surface area contributed by atoms with Gasteiger partial charge in [0.25, 0.3) is 0 Å². The number of carbonyl (C=O) groups excluding carboxylic acids is 3. The van der Waals surface area contributed by atoms with Gasteiger partial charge in [-0.3, -0.25) is 14.4 Å². The summed E-state index contributed by atoms with van der Waals surface area (Å²) in [6.45, 7) is 1.75. The molecule has 0 fully saturated rings. The van der Waals surface area contributed by atoms with E-state index in [0.717, 1.165) is 0 Å². The van der Waals surface area contributed by atoms with Crippen molar-refractivity contribution in [2.24, 2.45) is 0 Å². The Hall–Kier alpha value is -1.79. The number of hydrogen-bond donors (Lipinski definition) is 3. The molecule has 1 rings (SSSR count). The van der Waals surface area contributed by atoms with Crippen LogP contribution in [0.1, 0.15) is 6.92 Å². The predicted molar refractivity (Wildman–Crippen MR) is 76.8 cm³/mol. The molecule has 0 aliphatic heterocycles. The van der Waals surface area contributed by atoms with Crippen molar-refractivity contribution in [1.29, 1.82) is 0 Å². The molecule has 6 nitrogen and oxygen atoms in total. The molecule has 0 aromatic heterocycles. The summed E-state index contributed by atoms with van der Waals surface area (Å²) in [4.78, 5) is 33.7. The summed E-state index contributed by atoms with van der Waals surface area (Å²) in [6, 6.07) is 4.68. The van der Waals surface area contributed by atoms with Crippen molar-refractivity contribution in [3.8, 4) is 0 Å². The van der Waals surface area contributed by atoms with E-state index >= 15 is 0 Å². The van der Waals surface area contributed by atoms with Gasteiger partial charge in [-0.25, -0.2) is 0 Å². The molecule has 3 amide bonds. The van der Waals surface area contributed by atoms with Crippen LogP contribution < -0.4 is 16.0 Å². The maximum atomic E-state index is 11.6. The fourth-order valence-corrected chi connectivity index (χ4v) is 1.62. The zero-order valence-corrected chi connectivity index (χ0v) is 12.1. The van der Waals surface area contributed by atoms with E-state index in [0.29, 0.717) is 0 Å². The van der Waals surface area contributed by atoms with Crippen LogP contribution in [0.15, 0.2) is 18.2 Å². The fourth-order valence-electron chi connectivity index (χ4n) is 1.27. The van der Waals surface area contributed by atoms with Crippen LogP contribution >= 0.6 is 23.2 Å². The van der Waals surface area contributed by atoms with Gasteiger partial charge in [-0.15, -0.1) is 0 Å². The monoisotopic (exact) mass is 317 g/mol. The molecule has 20 heavy (non-hydrogen) atoms. The summed E-state index contributed by atoms with van der Waals surface area (Å²) in [7, 11) is 0. The van der Waals surface area contributed by atoms with Crippen LogP contribution in [-0.4, -0.2) is 30.8 Å². The minimum absolute atomic E-state index is 0.148. The summed E-state index contributed by atoms with van der Waals surface area (Å²) in [5.41, 5.74) is 0.251. The Kier molecular flexibility index (Phi) is 6.27. The second-order valence-electron chi connectivity index (χ2n) is 3.79. The lowest BCUT2D eigenvalue weighted by molar-refractivity contribution is -0.136. The number of benzene rings is 1. The van der Waals surface area contributed by atoms with Crippen molar-refractivity contribution >= 4 is 46.6 Å². The van der Waals surface area contributed by atoms with Gasteiger partial charge in [-0.2, -0.15) is 0 Å². The van der Waals surface area contributed by atoms with Crippen molar-refractivity contribution in [2.75, 3.05) is 18.4 Å². The highest BCUT2D eigenvalue weighted by molar-refractivity contribution is 6.45. The Morgan fingerprint density at radius 3 is 2.35 bits per heavy atom. The molecule has 3 N–H and O–H groups in total. The zero-order valence-electron chi connectivity index (χ0n) is 10.6. The van der Waals surface area contributed by atoms with E-state index < -0.39 is 11.8 Å². The largest absolute Gasteiger partial charge is 0.355 e. The summed E-state index contributed by atoms with van der Waals surface area (Å²) >= 11 is 11.7. The quantitative estimate of drug-likeness (QED) is 0.575. The van der Waals surface area contributed by atoms with Gasteiger partial charge in [0.15, 0.2) is 0 Å². The van der Waals surface area contributed by atoms with Gasteiger partial charge in [-0.05, 0) is 12.1 Å². The van der Waals surface area contributed by atoms with E-state index in [4.69, 9.17) is 23.2 Å². The highest BCUT2D eigenvalue weighted by Gasteiger charge is 2.15. The van der Waals surface area contributed by atoms with Crippen LogP contribution in [0.4, 0.5) is 5.69 Å². The molecule has 0 saturated carbocycles. The first kappa shape index (κ1) is 16.3. The summed E-state index contributed by atoms with van der Waals surface area (Å²) in [5, 5.41) is 7.61. The molecule has 0 atom stereocenters. The molecule has 0 saturated heterocycles. The van der Waals surface area contributed by atoms with Crippen molar-refractivity contribution in [1.82, 2.24) is 10.6 Å². The third-order valence-corrected chi connectivity index (χ3v) is 3.01. The van der Waals surface area contributed by atoms with Crippen molar-refractivity contribution in [2.45, 2.75) is 6.92 Å². The molecule has 108 valence electrons. The van der Waals surface area contributed by atoms with E-state index in [1.165, 1.54) is 13.0 Å². The number of hydrogen-bond acceptors (Lipinski definition) is 3. The van der Waals surface area contributed by atoms with Crippen LogP contribution in [0.3, 0.4) is 0 Å². The summed E-state index contributed by atoms with van der Waals surface area (Å²) < 4.78 is 0. The molecule has 8 heteroatoms. The van der Waals surface area contributed by atoms with Crippen LogP contribution in [0, 0.1) is 0 Å². The van der Waals surface area contributed by atoms with E-state index in [1.54, 1.807) is 12.1 Å². The second-order valence-corrected chi connectivity index (χ2v) is 4.58. The van der Waals surface area contributed by atoms with Crippen LogP contribution in [-0.2, 0) is 14.4 Å². The van der Waals surface area contributed by atoms with Crippen molar-refractivity contribution in [3.05, 3.63) is 28.2 Å². The smallest absolute Gasteiger partial charge is 0.313 e. The zero-order chi connectivity index (χ0) is 15.1. The summed E-state index contributed by atoms with van der Waals surface area (Å²) in [5.74, 6) is -1.90. The topological polar surface area (TPSA) is 87.3 Å². The van der Waals surface area contributed by atoms with Crippen LogP contribution in [0.2, 0.25) is 10.0 Å². The van der Waals surface area contributed by atoms with Gasteiger partial charge in [0.1, 0.15) is 0 Å². The first-order valence-electron chi connectivity index (χ1n) is 5.69. The highest BCUT2D eigenvalue weighted by Crippen LogP contribution is 2.29. The predicted octanol–water partition coefficient (Wildman–Crippen LogP) is 1.18. The lowest BCUT2D eigenvalue weighted by Crippen LogP contribution is -2.39. The minimum Gasteiger partial charge on any atom is -0.355 e. The Balaban J connectivity index is 2.48. The molecular formula is C12H13Cl2N3O3. The summed E-state index contributed by atoms with van der Waals surface area (Å²) in [6.07, 6.45) is 0. The van der Waals surface area contributed by atoms with E-state index in [2.05, 4.69) is 16.0 Å². The molecule has 1 aromatic carbocycles. The third-order valence-electron chi connectivity index (χ3n) is 2.19. The fraction of sp³-hybridized carbons (Fsp3) is 0.250. The number of carbonyl (C=O) groups is 3. The van der Waals surface area contributed by atoms with Gasteiger partial charge in [0, 0.05) is 20.0 Å². The first-order valence-corrected chi connectivity index (χ1v) is 6.45. The number of rotatable bonds is 4. The van der Waals surface area contributed by atoms with Gasteiger partial charge in [-0.1, -0.05) is 29.3 Å². The molecule has 0 aliphatic rings. The molecule has 0 spiro atoms. The maximum Gasteiger partial charge on any atom is 0.313 e. The third kappa shape index (κ3) is 5.07. The van der Waals surface area contributed by atoms with Crippen molar-refractivity contribution < 1.29 is 14.4 Å². The first-order chi connectivity index (χ1) is 9.41. The Bertz CT molecular complexity index is 535. The number of nitrogens with one attached hydrogen (secondary N) is 3. The highest BCUT2D eigenvalue weighted by atomic mass is 35.5. The molecule has 0 bridgehead atoms. The van der Waals surface area contributed by atoms with E-state index in [9.17, 15) is 14.4 Å². The molecular weight excluding hydrogens is 305 g/mol. The standard InChI is InChI=1S/C12H13Cl2N3O3/c1-7(18)15-5-6-16-11(19)12(20)17-9-4-2-3-8(13)10(9)14/h2-4H,5-6H2,1H3,(H,15,18)(H,16,19)(H,17,20). The number of halogens is 2. The second kappa shape index (κ2) is 7.72. The minimum atomic E-state index is -0.864. The van der Waals surface area contributed by atoms with Gasteiger partial charge < -0.3 is 16.0 Å². The van der Waals surface area contributed by atoms with Gasteiger partial charge in [0.05, 0.1) is 15.7 Å². The van der Waals surface area contributed by atoms with Crippen molar-refractivity contribution in [3.63, 3.8) is 0 Å². The average Bonchev–Trinajstić information content (AvgIpc) is 2.39. The van der Waals surface area contributed by atoms with E-state index in [1.807, 2.05) is 0 Å². The molecule has 0 aliphatic carbocycles. The van der Waals surface area contributed by atoms with Crippen LogP contribution in [0.5, 0.6) is 0 Å². The number of amides is 3. The Morgan fingerprint density at radius 1 is 1.05 bits per heavy atom. The lowest BCUT2D eigenvalue weighted by Gasteiger charge is -2.08.